The minimum absolute atomic E-state index is 0.0859. The molecule has 7 nitrogen and oxygen atoms in total. The van der Waals surface area contributed by atoms with E-state index >= 15 is 0 Å². The number of aromatic nitrogens is 1. The van der Waals surface area contributed by atoms with Crippen LogP contribution in [-0.2, 0) is 21.0 Å². The van der Waals surface area contributed by atoms with Crippen LogP contribution in [0.15, 0.2) is 60.7 Å². The van der Waals surface area contributed by atoms with Crippen molar-refractivity contribution in [3.05, 3.63) is 77.5 Å². The van der Waals surface area contributed by atoms with Gasteiger partial charge in [-0.15, -0.1) is 0 Å². The Hall–Kier alpha value is -3.42. The number of nitrogens with zero attached hydrogens (tertiary/aromatic N) is 1. The first-order chi connectivity index (χ1) is 15.0. The number of nitrogens with two attached hydrogens (primary N) is 1. The molecule has 0 spiro atoms. The van der Waals surface area contributed by atoms with E-state index in [1.165, 1.54) is 7.11 Å². The first kappa shape index (κ1) is 20.8. The highest BCUT2D eigenvalue weighted by atomic mass is 16.7. The zero-order valence-electron chi connectivity index (χ0n) is 17.5. The quantitative estimate of drug-likeness (QED) is 0.568. The molecule has 0 aliphatic carbocycles. The van der Waals surface area contributed by atoms with Crippen LogP contribution in [0, 0.1) is 6.92 Å². The number of para-hydroxylation sites is 1. The van der Waals surface area contributed by atoms with Gasteiger partial charge in [0.15, 0.2) is 0 Å². The highest BCUT2D eigenvalue weighted by Crippen LogP contribution is 2.24. The highest BCUT2D eigenvalue weighted by molar-refractivity contribution is 5.82. The van der Waals surface area contributed by atoms with Gasteiger partial charge >= 0.3 is 5.97 Å². The molecule has 1 aliphatic heterocycles. The van der Waals surface area contributed by atoms with Gasteiger partial charge in [0.05, 0.1) is 24.7 Å². The van der Waals surface area contributed by atoms with Crippen molar-refractivity contribution in [2.75, 3.05) is 7.11 Å². The zero-order chi connectivity index (χ0) is 21.8. The Balaban J connectivity index is 1.41. The summed E-state index contributed by atoms with van der Waals surface area (Å²) < 4.78 is 10.7. The lowest BCUT2D eigenvalue weighted by Gasteiger charge is -2.14. The number of carbonyl (C=O) groups is 1. The summed E-state index contributed by atoms with van der Waals surface area (Å²) in [6, 6.07) is 17.3. The second kappa shape index (κ2) is 9.16. The Kier molecular flexibility index (Phi) is 6.16. The second-order valence-electron chi connectivity index (χ2n) is 7.46. The lowest BCUT2D eigenvalue weighted by atomic mass is 10.1. The largest absolute Gasteiger partial charge is 0.489 e. The Labute approximate surface area is 180 Å². The summed E-state index contributed by atoms with van der Waals surface area (Å²) in [7, 11) is 1.34. The minimum atomic E-state index is -0.487. The third kappa shape index (κ3) is 4.84. The third-order valence-corrected chi connectivity index (χ3v) is 5.18. The predicted octanol–water partition coefficient (Wildman–Crippen LogP) is 3.26. The maximum Gasteiger partial charge on any atom is 0.307 e. The maximum absolute atomic E-state index is 11.4. The van der Waals surface area contributed by atoms with Crippen LogP contribution in [0.3, 0.4) is 0 Å². The highest BCUT2D eigenvalue weighted by Gasteiger charge is 2.26. The number of methoxy groups -OCH3 is 1. The van der Waals surface area contributed by atoms with Gasteiger partial charge in [0, 0.05) is 22.7 Å². The number of rotatable bonds is 7. The molecule has 4 rings (SSSR count). The molecule has 0 radical (unpaired) electrons. The predicted molar refractivity (Wildman–Crippen MR) is 118 cm³/mol. The summed E-state index contributed by atoms with van der Waals surface area (Å²) in [6.45, 7) is 2.44. The zero-order valence-corrected chi connectivity index (χ0v) is 17.5. The fourth-order valence-electron chi connectivity index (χ4n) is 3.53. The van der Waals surface area contributed by atoms with Gasteiger partial charge in [-0.25, -0.2) is 0 Å². The van der Waals surface area contributed by atoms with Crippen molar-refractivity contribution in [1.82, 2.24) is 10.5 Å². The Morgan fingerprint density at radius 2 is 2.00 bits per heavy atom. The number of fused-ring (bicyclic) bond motifs is 1. The number of hydrogen-bond acceptors (Lipinski definition) is 7. The van der Waals surface area contributed by atoms with Crippen LogP contribution >= 0.6 is 0 Å². The van der Waals surface area contributed by atoms with E-state index in [1.54, 1.807) is 0 Å². The van der Waals surface area contributed by atoms with E-state index in [4.69, 9.17) is 15.3 Å². The smallest absolute Gasteiger partial charge is 0.307 e. The van der Waals surface area contributed by atoms with E-state index < -0.39 is 12.1 Å². The number of benzene rings is 2. The fourth-order valence-corrected chi connectivity index (χ4v) is 3.53. The average Bonchev–Trinajstić information content (AvgIpc) is 3.28. The lowest BCUT2D eigenvalue weighted by Crippen LogP contribution is -2.37. The minimum Gasteiger partial charge on any atom is -0.489 e. The molecule has 31 heavy (non-hydrogen) atoms. The van der Waals surface area contributed by atoms with Crippen LogP contribution < -0.4 is 16.0 Å². The van der Waals surface area contributed by atoms with Crippen molar-refractivity contribution >= 4 is 22.6 Å². The molecule has 0 amide bonds. The van der Waals surface area contributed by atoms with Crippen molar-refractivity contribution in [3.63, 3.8) is 0 Å². The van der Waals surface area contributed by atoms with Gasteiger partial charge < -0.3 is 15.2 Å². The summed E-state index contributed by atoms with van der Waals surface area (Å²) in [5.41, 5.74) is 13.7. The van der Waals surface area contributed by atoms with Crippen molar-refractivity contribution in [2.24, 2.45) is 5.73 Å². The number of nitrogens with one attached hydrogen (secondary N) is 1. The van der Waals surface area contributed by atoms with E-state index in [1.807, 2.05) is 55.5 Å². The normalized spacial score (nSPS) is 16.5. The average molecular weight is 419 g/mol. The van der Waals surface area contributed by atoms with Crippen LogP contribution in [-0.4, -0.2) is 30.2 Å². The summed E-state index contributed by atoms with van der Waals surface area (Å²) in [4.78, 5) is 21.5. The second-order valence-corrected chi connectivity index (χ2v) is 7.46. The first-order valence-corrected chi connectivity index (χ1v) is 10.1. The molecule has 3 aromatic rings. The van der Waals surface area contributed by atoms with Gasteiger partial charge in [0.1, 0.15) is 18.5 Å². The number of pyridine rings is 1. The number of carbonyl (C=O) groups excluding carboxylic acids is 1. The molecular formula is C24H25N3O4. The molecule has 2 unspecified atom stereocenters. The van der Waals surface area contributed by atoms with E-state index in [9.17, 15) is 4.79 Å². The van der Waals surface area contributed by atoms with Gasteiger partial charge in [-0.3, -0.25) is 20.1 Å². The molecule has 0 saturated heterocycles. The van der Waals surface area contributed by atoms with Crippen molar-refractivity contribution < 1.29 is 19.1 Å². The molecule has 160 valence electrons. The molecular weight excluding hydrogens is 394 g/mol. The molecule has 2 aromatic carbocycles. The molecule has 2 atom stereocenters. The topological polar surface area (TPSA) is 95.7 Å². The molecule has 0 fully saturated rings. The van der Waals surface area contributed by atoms with Gasteiger partial charge in [-0.2, -0.15) is 0 Å². The van der Waals surface area contributed by atoms with Crippen LogP contribution in [0.4, 0.5) is 0 Å². The van der Waals surface area contributed by atoms with Gasteiger partial charge in [-0.05, 0) is 55.0 Å². The Morgan fingerprint density at radius 3 is 2.77 bits per heavy atom. The SMILES string of the molecule is COC(=O)CC(N)C1C=C(c2ccc(OCc3cc(C)nc4ccccc34)cc2)NO1. The fraction of sp³-hybridized carbons (Fsp3) is 0.250. The third-order valence-electron chi connectivity index (χ3n) is 5.18. The summed E-state index contributed by atoms with van der Waals surface area (Å²) in [5, 5.41) is 1.09. The van der Waals surface area contributed by atoms with Crippen LogP contribution in [0.25, 0.3) is 16.6 Å². The van der Waals surface area contributed by atoms with Crippen LogP contribution in [0.2, 0.25) is 0 Å². The summed E-state index contributed by atoms with van der Waals surface area (Å²) in [5.74, 6) is 0.400. The molecule has 1 aromatic heterocycles. The van der Waals surface area contributed by atoms with Crippen LogP contribution in [0.1, 0.15) is 23.2 Å². The summed E-state index contributed by atoms with van der Waals surface area (Å²) in [6.07, 6.45) is 1.55. The molecule has 0 saturated carbocycles. The number of ether oxygens (including phenoxy) is 2. The first-order valence-electron chi connectivity index (χ1n) is 10.1. The van der Waals surface area contributed by atoms with Crippen molar-refractivity contribution in [1.29, 1.82) is 0 Å². The van der Waals surface area contributed by atoms with E-state index in [2.05, 4.69) is 27.3 Å². The standard InChI is InChI=1S/C24H25N3O4/c1-15-11-17(19-5-3-4-6-21(19)26-15)14-30-18-9-7-16(8-10-18)22-13-23(31-27-22)20(25)12-24(28)29-2/h3-11,13,20,23,27H,12,14,25H2,1-2H3. The van der Waals surface area contributed by atoms with E-state index in [0.717, 1.165) is 39.2 Å². The van der Waals surface area contributed by atoms with Crippen LogP contribution in [0.5, 0.6) is 5.75 Å². The lowest BCUT2D eigenvalue weighted by molar-refractivity contribution is -0.141. The van der Waals surface area contributed by atoms with Crippen molar-refractivity contribution in [3.8, 4) is 5.75 Å². The van der Waals surface area contributed by atoms with Gasteiger partial charge in [0.2, 0.25) is 0 Å². The molecule has 7 heteroatoms. The Morgan fingerprint density at radius 1 is 1.23 bits per heavy atom. The maximum atomic E-state index is 11.4. The van der Waals surface area contributed by atoms with Gasteiger partial charge in [0.25, 0.3) is 0 Å². The van der Waals surface area contributed by atoms with Gasteiger partial charge in [-0.1, -0.05) is 18.2 Å². The molecule has 2 heterocycles. The number of esters is 1. The number of hydrogen-bond donors (Lipinski definition) is 2. The number of hydroxylamine groups is 1. The monoisotopic (exact) mass is 419 g/mol. The molecule has 0 bridgehead atoms. The van der Waals surface area contributed by atoms with Crippen molar-refractivity contribution in [2.45, 2.75) is 32.1 Å². The van der Waals surface area contributed by atoms with E-state index in [0.29, 0.717) is 6.61 Å². The number of aryl methyl sites for hydroxylation is 1. The van der Waals surface area contributed by atoms with E-state index in [-0.39, 0.29) is 12.4 Å². The molecule has 3 N–H and O–H groups in total. The molecule has 1 aliphatic rings. The summed E-state index contributed by atoms with van der Waals surface area (Å²) >= 11 is 0. The Bertz CT molecular complexity index is 1110.